The molecule has 13 heteroatoms. The van der Waals surface area contributed by atoms with Gasteiger partial charge in [-0.05, 0) is 75.3 Å². The molecule has 0 saturated heterocycles. The molecule has 2 aromatic carbocycles. The Morgan fingerprint density at radius 3 is 2.44 bits per heavy atom. The van der Waals surface area contributed by atoms with E-state index in [9.17, 15) is 12.8 Å². The van der Waals surface area contributed by atoms with Crippen molar-refractivity contribution in [3.63, 3.8) is 0 Å². The predicted octanol–water partition coefficient (Wildman–Crippen LogP) is 5.34. The second-order valence-corrected chi connectivity index (χ2v) is 12.1. The minimum Gasteiger partial charge on any atom is -0.383 e. The molecular weight excluding hydrogens is 555 g/mol. The van der Waals surface area contributed by atoms with E-state index in [4.69, 9.17) is 16.7 Å². The van der Waals surface area contributed by atoms with Crippen molar-refractivity contribution in [3.8, 4) is 17.3 Å². The van der Waals surface area contributed by atoms with Crippen LogP contribution in [0.3, 0.4) is 0 Å². The molecule has 4 aromatic rings. The van der Waals surface area contributed by atoms with E-state index in [1.807, 2.05) is 18.6 Å². The molecule has 1 aliphatic carbocycles. The van der Waals surface area contributed by atoms with E-state index in [1.54, 1.807) is 16.9 Å². The van der Waals surface area contributed by atoms with Crippen molar-refractivity contribution < 1.29 is 21.6 Å². The normalized spacial score (nSPS) is 17.6. The summed E-state index contributed by atoms with van der Waals surface area (Å²) in [6.45, 7) is 3.81. The molecule has 0 unspecified atom stereocenters. The van der Waals surface area contributed by atoms with E-state index in [0.29, 0.717) is 17.0 Å². The summed E-state index contributed by atoms with van der Waals surface area (Å²) in [5.74, 6) is -3.03. The zero-order valence-electron chi connectivity index (χ0n) is 22.3. The monoisotopic (exact) mass is 583 g/mol. The van der Waals surface area contributed by atoms with Crippen molar-refractivity contribution >= 4 is 32.4 Å². The van der Waals surface area contributed by atoms with Gasteiger partial charge in [-0.25, -0.2) is 26.6 Å². The first-order chi connectivity index (χ1) is 19.4. The molecule has 0 spiro atoms. The van der Waals surface area contributed by atoms with Crippen LogP contribution in [-0.2, 0) is 10.0 Å². The van der Waals surface area contributed by atoms with Gasteiger partial charge in [0.05, 0.1) is 28.2 Å². The molecule has 1 aliphatic rings. The van der Waals surface area contributed by atoms with E-state index < -0.39 is 38.1 Å². The number of nitriles is 1. The molecule has 41 heavy (non-hydrogen) atoms. The zero-order valence-corrected chi connectivity index (χ0v) is 23.1. The first kappa shape index (κ1) is 28.4. The highest BCUT2D eigenvalue weighted by atomic mass is 32.2. The largest absolute Gasteiger partial charge is 0.383 e. The number of halogens is 3. The molecule has 9 nitrogen and oxygen atoms in total. The maximum Gasteiger partial charge on any atom is 0.264 e. The highest BCUT2D eigenvalue weighted by Gasteiger charge is 2.29. The number of hydrogen-bond donors (Lipinski definition) is 3. The van der Waals surface area contributed by atoms with Crippen LogP contribution in [0.5, 0.6) is 0 Å². The van der Waals surface area contributed by atoms with Gasteiger partial charge in [0.15, 0.2) is 0 Å². The average Bonchev–Trinajstić information content (AvgIpc) is 3.33. The van der Waals surface area contributed by atoms with Crippen molar-refractivity contribution in [2.75, 3.05) is 10.5 Å². The van der Waals surface area contributed by atoms with Gasteiger partial charge >= 0.3 is 0 Å². The van der Waals surface area contributed by atoms with Crippen molar-refractivity contribution in [2.24, 2.45) is 5.73 Å². The van der Waals surface area contributed by atoms with Crippen LogP contribution < -0.4 is 16.2 Å². The van der Waals surface area contributed by atoms with Gasteiger partial charge in [-0.2, -0.15) is 10.4 Å². The molecule has 0 atom stereocenters. The minimum absolute atomic E-state index is 0.0617. The van der Waals surface area contributed by atoms with Gasteiger partial charge < -0.3 is 11.5 Å². The molecule has 2 aromatic heterocycles. The Morgan fingerprint density at radius 1 is 1.07 bits per heavy atom. The number of nitrogens with one attached hydrogen (secondary N) is 1. The first-order valence-corrected chi connectivity index (χ1v) is 14.5. The number of nitrogens with two attached hydrogens (primary N) is 2. The quantitative estimate of drug-likeness (QED) is 0.277. The molecule has 0 radical (unpaired) electrons. The van der Waals surface area contributed by atoms with Gasteiger partial charge in [-0.3, -0.25) is 9.40 Å². The number of hydrogen-bond acceptors (Lipinski definition) is 7. The Labute approximate surface area is 235 Å². The fraction of sp³-hybridized carbons (Fsp3) is 0.321. The van der Waals surface area contributed by atoms with Crippen LogP contribution in [0.1, 0.15) is 62.6 Å². The van der Waals surface area contributed by atoms with E-state index >= 15 is 8.78 Å². The summed E-state index contributed by atoms with van der Waals surface area (Å²) in [5, 5.41) is 14.0. The molecular formula is C28H28F3N7O2S. The van der Waals surface area contributed by atoms with Gasteiger partial charge in [-0.1, -0.05) is 0 Å². The number of pyridine rings is 1. The van der Waals surface area contributed by atoms with E-state index in [1.165, 1.54) is 0 Å². The van der Waals surface area contributed by atoms with Gasteiger partial charge in [0.25, 0.3) is 10.0 Å². The lowest BCUT2D eigenvalue weighted by Gasteiger charge is -2.27. The van der Waals surface area contributed by atoms with Crippen LogP contribution in [-0.4, -0.2) is 29.2 Å². The summed E-state index contributed by atoms with van der Waals surface area (Å²) in [4.78, 5) is 3.48. The maximum absolute atomic E-state index is 15.6. The fourth-order valence-corrected chi connectivity index (χ4v) is 6.46. The molecule has 5 rings (SSSR count). The van der Waals surface area contributed by atoms with Gasteiger partial charge in [-0.15, -0.1) is 0 Å². The second kappa shape index (κ2) is 10.7. The van der Waals surface area contributed by atoms with Crippen molar-refractivity contribution in [2.45, 2.75) is 62.4 Å². The summed E-state index contributed by atoms with van der Waals surface area (Å²) in [7, 11) is -4.71. The van der Waals surface area contributed by atoms with Gasteiger partial charge in [0.2, 0.25) is 0 Å². The first-order valence-electron chi connectivity index (χ1n) is 13.0. The van der Waals surface area contributed by atoms with Crippen LogP contribution in [0.25, 0.3) is 22.2 Å². The summed E-state index contributed by atoms with van der Waals surface area (Å²) in [6, 6.07) is 5.86. The van der Waals surface area contributed by atoms with Crippen molar-refractivity contribution in [1.82, 2.24) is 14.8 Å². The van der Waals surface area contributed by atoms with Gasteiger partial charge in [0.1, 0.15) is 33.9 Å². The topological polar surface area (TPSA) is 153 Å². The number of sulfonamides is 1. The van der Waals surface area contributed by atoms with Crippen LogP contribution in [0, 0.1) is 28.8 Å². The Kier molecular flexibility index (Phi) is 7.39. The average molecular weight is 584 g/mol. The number of benzene rings is 2. The number of rotatable bonds is 6. The highest BCUT2D eigenvalue weighted by molar-refractivity contribution is 7.92. The molecule has 5 N–H and O–H groups in total. The number of anilines is 2. The standard InChI is InChI=1S/C28H28F3N7O2S/c1-14(2)38-27-19(16-4-6-17(33)7-5-16)13-35-28(34)25(27)26(36-38)18-10-22(31)23(11-21(18)30)37-41(39,40)24-9-15(12-32)3-8-20(24)29/h3,8-11,13-14,16-17,37H,4-7,33H2,1-2H3,(H2,34,35). The molecule has 0 amide bonds. The Bertz CT molecular complexity index is 1810. The lowest BCUT2D eigenvalue weighted by Crippen LogP contribution is -2.26. The van der Waals surface area contributed by atoms with Crippen molar-refractivity contribution in [1.29, 1.82) is 5.26 Å². The van der Waals surface area contributed by atoms with Crippen LogP contribution in [0.2, 0.25) is 0 Å². The maximum atomic E-state index is 15.6. The van der Waals surface area contributed by atoms with Crippen molar-refractivity contribution in [3.05, 3.63) is 65.1 Å². The number of nitrogens with zero attached hydrogens (tertiary/aromatic N) is 4. The molecule has 1 saturated carbocycles. The molecule has 0 aliphatic heterocycles. The smallest absolute Gasteiger partial charge is 0.264 e. The van der Waals surface area contributed by atoms with Crippen LogP contribution >= 0.6 is 0 Å². The second-order valence-electron chi connectivity index (χ2n) is 10.5. The highest BCUT2D eigenvalue weighted by Crippen LogP contribution is 2.42. The SMILES string of the molecule is CC(C)n1nc(-c2cc(F)c(NS(=O)(=O)c3cc(C#N)ccc3F)cc2F)c2c(N)ncc(C3CCC(N)CC3)c21. The number of nitrogen functional groups attached to an aromatic ring is 1. The van der Waals surface area contributed by atoms with E-state index in [-0.39, 0.29) is 40.6 Å². The summed E-state index contributed by atoms with van der Waals surface area (Å²) < 4.78 is 74.5. The van der Waals surface area contributed by atoms with E-state index in [2.05, 4.69) is 10.1 Å². The number of fused-ring (bicyclic) bond motifs is 1. The summed E-state index contributed by atoms with van der Waals surface area (Å²) in [5.41, 5.74) is 12.9. The van der Waals surface area contributed by atoms with Gasteiger partial charge in [0, 0.05) is 29.9 Å². The Balaban J connectivity index is 1.61. The lowest BCUT2D eigenvalue weighted by molar-refractivity contribution is 0.395. The Hall–Kier alpha value is -4.15. The molecule has 1 fully saturated rings. The minimum atomic E-state index is -4.71. The van der Waals surface area contributed by atoms with Crippen LogP contribution in [0.15, 0.2) is 41.4 Å². The summed E-state index contributed by atoms with van der Waals surface area (Å²) in [6.07, 6.45) is 5.09. The fourth-order valence-electron chi connectivity index (χ4n) is 5.29. The molecule has 214 valence electrons. The number of aromatic nitrogens is 3. The third kappa shape index (κ3) is 5.20. The van der Waals surface area contributed by atoms with E-state index in [0.717, 1.165) is 55.5 Å². The molecule has 2 heterocycles. The third-order valence-corrected chi connectivity index (χ3v) is 8.77. The Morgan fingerprint density at radius 2 is 1.78 bits per heavy atom. The third-order valence-electron chi connectivity index (χ3n) is 7.39. The lowest BCUT2D eigenvalue weighted by atomic mass is 9.82. The van der Waals surface area contributed by atoms with Crippen LogP contribution in [0.4, 0.5) is 24.7 Å². The molecule has 0 bridgehead atoms. The zero-order chi connectivity index (χ0) is 29.6. The predicted molar refractivity (Wildman–Crippen MR) is 149 cm³/mol. The summed E-state index contributed by atoms with van der Waals surface area (Å²) >= 11 is 0.